The summed E-state index contributed by atoms with van der Waals surface area (Å²) in [6.07, 6.45) is -1.04. The minimum absolute atomic E-state index is 0.193. The van der Waals surface area contributed by atoms with E-state index in [2.05, 4.69) is 10.3 Å². The molecule has 4 aromatic rings. The third kappa shape index (κ3) is 5.06. The normalized spacial score (nSPS) is 11.6. The average molecular weight is 472 g/mol. The van der Waals surface area contributed by atoms with E-state index < -0.39 is 18.0 Å². The van der Waals surface area contributed by atoms with Crippen LogP contribution in [0.15, 0.2) is 77.6 Å². The number of amides is 1. The highest BCUT2D eigenvalue weighted by Crippen LogP contribution is 2.24. The van der Waals surface area contributed by atoms with Crippen molar-refractivity contribution in [1.29, 1.82) is 0 Å². The third-order valence-corrected chi connectivity index (χ3v) is 5.40. The minimum atomic E-state index is -1.04. The van der Waals surface area contributed by atoms with Gasteiger partial charge in [0.05, 0.1) is 34.4 Å². The smallest absolute Gasteiger partial charge is 0.338 e. The van der Waals surface area contributed by atoms with Crippen molar-refractivity contribution >= 4 is 28.5 Å². The molecule has 0 bridgehead atoms. The Balaban J connectivity index is 1.48. The van der Waals surface area contributed by atoms with Gasteiger partial charge in [0, 0.05) is 0 Å². The summed E-state index contributed by atoms with van der Waals surface area (Å²) in [4.78, 5) is 42.7. The van der Waals surface area contributed by atoms with E-state index >= 15 is 0 Å². The Kier molecular flexibility index (Phi) is 6.91. The molecule has 1 amide bonds. The molecule has 0 saturated carbocycles. The van der Waals surface area contributed by atoms with Gasteiger partial charge in [-0.2, -0.15) is 0 Å². The van der Waals surface area contributed by atoms with Gasteiger partial charge in [-0.25, -0.2) is 9.78 Å². The number of aryl methyl sites for hydroxylation is 1. The summed E-state index contributed by atoms with van der Waals surface area (Å²) in [5.74, 6) is -0.0719. The van der Waals surface area contributed by atoms with Crippen molar-refractivity contribution in [2.45, 2.75) is 26.9 Å². The van der Waals surface area contributed by atoms with Crippen LogP contribution < -0.4 is 15.6 Å². The number of hydrogen-bond donors (Lipinski definition) is 1. The summed E-state index contributed by atoms with van der Waals surface area (Å²) in [5, 5.41) is 3.23. The van der Waals surface area contributed by atoms with E-state index in [4.69, 9.17) is 9.47 Å². The second-order valence-electron chi connectivity index (χ2n) is 7.83. The fraction of sp³-hybridized carbons (Fsp3) is 0.185. The van der Waals surface area contributed by atoms with Gasteiger partial charge >= 0.3 is 5.97 Å². The molecule has 0 spiro atoms. The number of nitrogens with zero attached hydrogens (tertiary/aromatic N) is 2. The van der Waals surface area contributed by atoms with Crippen LogP contribution in [0.2, 0.25) is 0 Å². The minimum Gasteiger partial charge on any atom is -0.492 e. The predicted molar refractivity (Wildman–Crippen MR) is 133 cm³/mol. The van der Waals surface area contributed by atoms with Crippen molar-refractivity contribution in [3.05, 3.63) is 94.5 Å². The van der Waals surface area contributed by atoms with Gasteiger partial charge in [-0.15, -0.1) is 0 Å². The lowest BCUT2D eigenvalue weighted by molar-refractivity contribution is -0.123. The van der Waals surface area contributed by atoms with E-state index in [1.807, 2.05) is 13.0 Å². The summed E-state index contributed by atoms with van der Waals surface area (Å²) in [7, 11) is 0. The van der Waals surface area contributed by atoms with Gasteiger partial charge in [-0.3, -0.25) is 14.2 Å². The molecule has 178 valence electrons. The molecule has 0 saturated heterocycles. The lowest BCUT2D eigenvalue weighted by Crippen LogP contribution is -2.30. The first-order chi connectivity index (χ1) is 16.9. The Bertz CT molecular complexity index is 1440. The zero-order chi connectivity index (χ0) is 24.9. The number of esters is 1. The van der Waals surface area contributed by atoms with Crippen molar-refractivity contribution in [2.75, 3.05) is 11.9 Å². The van der Waals surface area contributed by atoms with Crippen LogP contribution in [0.1, 0.15) is 30.0 Å². The van der Waals surface area contributed by atoms with E-state index in [1.165, 1.54) is 11.5 Å². The van der Waals surface area contributed by atoms with Crippen molar-refractivity contribution in [3.8, 4) is 11.4 Å². The fourth-order valence-corrected chi connectivity index (χ4v) is 3.66. The Morgan fingerprint density at radius 1 is 1.00 bits per heavy atom. The molecule has 0 fully saturated rings. The molecular weight excluding hydrogens is 446 g/mol. The molecule has 0 aliphatic carbocycles. The van der Waals surface area contributed by atoms with Gasteiger partial charge in [0.25, 0.3) is 11.5 Å². The molecule has 1 N–H and O–H groups in total. The molecule has 35 heavy (non-hydrogen) atoms. The number of carbonyl (C=O) groups is 2. The fourth-order valence-electron chi connectivity index (χ4n) is 3.66. The maximum Gasteiger partial charge on any atom is 0.338 e. The van der Waals surface area contributed by atoms with Crippen LogP contribution in [0.3, 0.4) is 0 Å². The molecular formula is C27H25N3O5. The first kappa shape index (κ1) is 23.7. The number of benzene rings is 3. The first-order valence-electron chi connectivity index (χ1n) is 11.2. The zero-order valence-electron chi connectivity index (χ0n) is 19.6. The second-order valence-corrected chi connectivity index (χ2v) is 7.83. The van der Waals surface area contributed by atoms with Gasteiger partial charge < -0.3 is 14.8 Å². The lowest BCUT2D eigenvalue weighted by atomic mass is 10.2. The van der Waals surface area contributed by atoms with E-state index in [-0.39, 0.29) is 11.1 Å². The zero-order valence-corrected chi connectivity index (χ0v) is 19.6. The molecule has 0 radical (unpaired) electrons. The van der Waals surface area contributed by atoms with Crippen LogP contribution in [-0.4, -0.2) is 34.1 Å². The summed E-state index contributed by atoms with van der Waals surface area (Å²) < 4.78 is 12.3. The quantitative estimate of drug-likeness (QED) is 0.404. The molecule has 1 aromatic heterocycles. The Morgan fingerprint density at radius 3 is 2.43 bits per heavy atom. The van der Waals surface area contributed by atoms with Crippen LogP contribution in [0.4, 0.5) is 5.69 Å². The molecule has 8 nitrogen and oxygen atoms in total. The molecule has 8 heteroatoms. The molecule has 0 aliphatic heterocycles. The number of rotatable bonds is 7. The van der Waals surface area contributed by atoms with Crippen LogP contribution in [0, 0.1) is 6.92 Å². The van der Waals surface area contributed by atoms with Crippen molar-refractivity contribution in [2.24, 2.45) is 0 Å². The predicted octanol–water partition coefficient (Wildman–Crippen LogP) is 4.28. The topological polar surface area (TPSA) is 99.5 Å². The van der Waals surface area contributed by atoms with Gasteiger partial charge in [0.2, 0.25) is 0 Å². The Labute approximate surface area is 202 Å². The third-order valence-electron chi connectivity index (χ3n) is 5.40. The van der Waals surface area contributed by atoms with E-state index in [0.29, 0.717) is 40.5 Å². The molecule has 1 heterocycles. The summed E-state index contributed by atoms with van der Waals surface area (Å²) in [6.45, 7) is 5.55. The summed E-state index contributed by atoms with van der Waals surface area (Å²) >= 11 is 0. The van der Waals surface area contributed by atoms with Crippen molar-refractivity contribution < 1.29 is 19.1 Å². The van der Waals surface area contributed by atoms with Crippen molar-refractivity contribution in [1.82, 2.24) is 9.55 Å². The number of para-hydroxylation sites is 3. The number of anilines is 1. The average Bonchev–Trinajstić information content (AvgIpc) is 2.85. The highest BCUT2D eigenvalue weighted by Gasteiger charge is 2.20. The van der Waals surface area contributed by atoms with Gasteiger partial charge in [0.1, 0.15) is 11.6 Å². The van der Waals surface area contributed by atoms with Gasteiger partial charge in [-0.05, 0) is 69.3 Å². The van der Waals surface area contributed by atoms with Crippen LogP contribution in [0.5, 0.6) is 5.75 Å². The van der Waals surface area contributed by atoms with E-state index in [1.54, 1.807) is 73.7 Å². The number of ether oxygens (including phenoxy) is 2. The SMILES string of the molecule is CCOc1ccccc1NC(=O)C(C)OC(=O)c1ccc(-n2c(C)nc3ccccc3c2=O)cc1. The Morgan fingerprint density at radius 2 is 1.69 bits per heavy atom. The number of aromatic nitrogens is 2. The molecule has 1 unspecified atom stereocenters. The standard InChI is InChI=1S/C27H25N3O5/c1-4-34-24-12-8-7-11-23(24)29-25(31)17(2)35-27(33)19-13-15-20(16-14-19)30-18(3)28-22-10-6-5-9-21(22)26(30)32/h5-17H,4H2,1-3H3,(H,29,31). The number of nitrogens with one attached hydrogen (secondary N) is 1. The highest BCUT2D eigenvalue weighted by molar-refractivity contribution is 5.98. The largest absolute Gasteiger partial charge is 0.492 e. The number of fused-ring (bicyclic) bond motifs is 1. The number of hydrogen-bond acceptors (Lipinski definition) is 6. The van der Waals surface area contributed by atoms with Crippen LogP contribution in [-0.2, 0) is 9.53 Å². The maximum absolute atomic E-state index is 13.0. The number of carbonyl (C=O) groups excluding carboxylic acids is 2. The lowest BCUT2D eigenvalue weighted by Gasteiger charge is -2.16. The van der Waals surface area contributed by atoms with Gasteiger partial charge in [-0.1, -0.05) is 24.3 Å². The highest BCUT2D eigenvalue weighted by atomic mass is 16.5. The second kappa shape index (κ2) is 10.2. The Hall–Kier alpha value is -4.46. The molecule has 1 atom stereocenters. The monoisotopic (exact) mass is 471 g/mol. The van der Waals surface area contributed by atoms with E-state index in [0.717, 1.165) is 0 Å². The summed E-state index contributed by atoms with van der Waals surface area (Å²) in [5.41, 5.74) is 1.75. The van der Waals surface area contributed by atoms with Crippen LogP contribution >= 0.6 is 0 Å². The molecule has 0 aliphatic rings. The van der Waals surface area contributed by atoms with Crippen molar-refractivity contribution in [3.63, 3.8) is 0 Å². The summed E-state index contributed by atoms with van der Waals surface area (Å²) in [6, 6.07) is 20.6. The molecule has 4 rings (SSSR count). The van der Waals surface area contributed by atoms with Crippen LogP contribution in [0.25, 0.3) is 16.6 Å². The maximum atomic E-state index is 13.0. The molecule has 3 aromatic carbocycles. The first-order valence-corrected chi connectivity index (χ1v) is 11.2. The van der Waals surface area contributed by atoms with Gasteiger partial charge in [0.15, 0.2) is 6.10 Å². The van der Waals surface area contributed by atoms with E-state index in [9.17, 15) is 14.4 Å².